The maximum atomic E-state index is 0. The standard InChI is InChI=1S/2B.2Bi.3O.2Te/q;;2*+3;3*-2;;. The summed E-state index contributed by atoms with van der Waals surface area (Å²) in [5, 5.41) is 0. The minimum absolute atomic E-state index is 0. The van der Waals surface area contributed by atoms with Gasteiger partial charge in [-0.1, -0.05) is 0 Å². The molecule has 0 bridgehead atoms. The largest absolute Gasteiger partial charge is 3.00 e. The van der Waals surface area contributed by atoms with E-state index < -0.39 is 0 Å². The minimum atomic E-state index is 0. The molecule has 14 radical (unpaired) electrons. The van der Waals surface area contributed by atoms with Crippen LogP contribution in [-0.2, 0) is 16.4 Å². The third-order valence-corrected chi connectivity index (χ3v) is 0. The van der Waals surface area contributed by atoms with Crippen molar-refractivity contribution >= 4 is 117 Å². The van der Waals surface area contributed by atoms with E-state index in [1.807, 2.05) is 0 Å². The van der Waals surface area contributed by atoms with Crippen LogP contribution in [0.25, 0.3) is 0 Å². The second-order valence-corrected chi connectivity index (χ2v) is 0. The summed E-state index contributed by atoms with van der Waals surface area (Å²) >= 11 is 0. The summed E-state index contributed by atoms with van der Waals surface area (Å²) in [4.78, 5) is 0. The van der Waals surface area contributed by atoms with Crippen molar-refractivity contribution in [2.75, 3.05) is 0 Å². The molecule has 0 saturated heterocycles. The molecule has 0 saturated carbocycles. The van der Waals surface area contributed by atoms with Gasteiger partial charge in [-0.15, -0.1) is 0 Å². The fourth-order valence-electron chi connectivity index (χ4n) is 0. The van der Waals surface area contributed by atoms with Crippen LogP contribution < -0.4 is 0 Å². The Bertz CT molecular complexity index is 17.8. The van der Waals surface area contributed by atoms with E-state index in [-0.39, 0.29) is 133 Å². The molecule has 3 nitrogen and oxygen atoms in total. The average molecular weight is 743 g/mol. The monoisotopic (exact) mass is 748 g/mol. The third kappa shape index (κ3) is 88.3. The van der Waals surface area contributed by atoms with Crippen LogP contribution in [0.2, 0.25) is 0 Å². The van der Waals surface area contributed by atoms with Gasteiger partial charge in [0.25, 0.3) is 0 Å². The van der Waals surface area contributed by atoms with E-state index in [0.717, 1.165) is 0 Å². The van der Waals surface area contributed by atoms with Gasteiger partial charge in [-0.05, 0) is 0 Å². The molecule has 0 aliphatic heterocycles. The molecule has 0 rings (SSSR count). The van der Waals surface area contributed by atoms with Crippen LogP contribution in [0.3, 0.4) is 0 Å². The molecule has 0 aromatic carbocycles. The summed E-state index contributed by atoms with van der Waals surface area (Å²) in [7, 11) is 0. The van der Waals surface area contributed by atoms with Gasteiger partial charge in [0, 0.05) is 64.2 Å². The van der Waals surface area contributed by atoms with Crippen molar-refractivity contribution in [2.45, 2.75) is 0 Å². The molecule has 9 heteroatoms. The van der Waals surface area contributed by atoms with E-state index in [4.69, 9.17) is 0 Å². The summed E-state index contributed by atoms with van der Waals surface area (Å²) in [6, 6.07) is 0. The third-order valence-electron chi connectivity index (χ3n) is 0. The second kappa shape index (κ2) is 108. The first-order chi connectivity index (χ1) is 0. The molecule has 0 unspecified atom stereocenters. The summed E-state index contributed by atoms with van der Waals surface area (Å²) in [6.45, 7) is 0. The Morgan fingerprint density at radius 2 is 0.444 bits per heavy atom. The molecule has 0 spiro atoms. The summed E-state index contributed by atoms with van der Waals surface area (Å²) in [5.41, 5.74) is 0. The predicted octanol–water partition coefficient (Wildman–Crippen LogP) is -2.64. The van der Waals surface area contributed by atoms with Crippen molar-refractivity contribution in [3.8, 4) is 0 Å². The predicted molar refractivity (Wildman–Crippen MR) is 36.6 cm³/mol. The number of hydrogen-bond acceptors (Lipinski definition) is 0. The van der Waals surface area contributed by atoms with Gasteiger partial charge in [-0.3, -0.25) is 0 Å². The molecule has 9 heavy (non-hydrogen) atoms. The van der Waals surface area contributed by atoms with E-state index in [2.05, 4.69) is 0 Å². The second-order valence-electron chi connectivity index (χ2n) is 0. The first kappa shape index (κ1) is 142. The van der Waals surface area contributed by atoms with Crippen LogP contribution in [0.4, 0.5) is 0 Å². The van der Waals surface area contributed by atoms with Gasteiger partial charge in [0.1, 0.15) is 0 Å². The Kier molecular flexibility index (Phi) is 1700. The minimum Gasteiger partial charge on any atom is -2.00 e. The van der Waals surface area contributed by atoms with Gasteiger partial charge in [0.15, 0.2) is 0 Å². The van der Waals surface area contributed by atoms with E-state index >= 15 is 0 Å². The SMILES string of the molecule is [B].[B].[Bi+3].[Bi+3].[O-2].[O-2].[O-2].[Te].[Te]. The molecule has 0 aliphatic carbocycles. The van der Waals surface area contributed by atoms with Gasteiger partial charge >= 0.3 is 52.4 Å². The van der Waals surface area contributed by atoms with Crippen molar-refractivity contribution in [2.24, 2.45) is 0 Å². The van der Waals surface area contributed by atoms with Crippen LogP contribution in [0.1, 0.15) is 0 Å². The smallest absolute Gasteiger partial charge is 2.00 e. The Labute approximate surface area is 131 Å². The van der Waals surface area contributed by atoms with Crippen molar-refractivity contribution in [1.29, 1.82) is 0 Å². The van der Waals surface area contributed by atoms with Gasteiger partial charge < -0.3 is 16.4 Å². The quantitative estimate of drug-likeness (QED) is 0.244. The average Bonchev–Trinajstić information content (AvgIpc) is 0. The van der Waals surface area contributed by atoms with Gasteiger partial charge in [-0.25, -0.2) is 0 Å². The zero-order valence-electron chi connectivity index (χ0n) is 4.09. The summed E-state index contributed by atoms with van der Waals surface area (Å²) < 4.78 is 0. The van der Waals surface area contributed by atoms with Crippen LogP contribution in [0.15, 0.2) is 0 Å². The molecule has 0 heterocycles. The Hall–Kier alpha value is 3.36. The Morgan fingerprint density at radius 3 is 0.444 bits per heavy atom. The summed E-state index contributed by atoms with van der Waals surface area (Å²) in [5.74, 6) is 0. The van der Waals surface area contributed by atoms with Crippen molar-refractivity contribution in [1.82, 2.24) is 0 Å². The maximum Gasteiger partial charge on any atom is 3.00 e. The first-order valence-corrected chi connectivity index (χ1v) is 0. The van der Waals surface area contributed by atoms with Crippen LogP contribution in [0.5, 0.6) is 0 Å². The summed E-state index contributed by atoms with van der Waals surface area (Å²) in [6.07, 6.45) is 0. The molecular weight excluding hydrogens is 743 g/mol. The van der Waals surface area contributed by atoms with E-state index in [1.54, 1.807) is 0 Å². The molecule has 0 aromatic rings. The van der Waals surface area contributed by atoms with Crippen molar-refractivity contribution in [3.63, 3.8) is 0 Å². The molecule has 0 aromatic heterocycles. The molecule has 0 amide bonds. The number of rotatable bonds is 0. The van der Waals surface area contributed by atoms with Crippen LogP contribution in [-0.4, -0.2) is 117 Å². The Morgan fingerprint density at radius 1 is 0.444 bits per heavy atom. The van der Waals surface area contributed by atoms with Crippen LogP contribution >= 0.6 is 0 Å². The molecule has 46 valence electrons. The molecular formula is B2Bi2O3Te2. The normalized spacial score (nSPS) is 0. The number of hydrogen-bond donors (Lipinski definition) is 0. The van der Waals surface area contributed by atoms with E-state index in [1.165, 1.54) is 0 Å². The molecule has 0 fully saturated rings. The maximum absolute atomic E-state index is 0. The van der Waals surface area contributed by atoms with Gasteiger partial charge in [0.05, 0.1) is 0 Å². The van der Waals surface area contributed by atoms with Crippen molar-refractivity contribution in [3.05, 3.63) is 0 Å². The fourth-order valence-corrected chi connectivity index (χ4v) is 0. The zero-order valence-corrected chi connectivity index (χ0v) is 15.7. The van der Waals surface area contributed by atoms with Gasteiger partial charge in [0.2, 0.25) is 0 Å². The fraction of sp³-hybridized carbons (Fsp3) is 0. The molecule has 0 aliphatic rings. The molecule has 0 atom stereocenters. The van der Waals surface area contributed by atoms with Crippen molar-refractivity contribution < 1.29 is 16.4 Å². The Balaban J connectivity index is 0. The van der Waals surface area contributed by atoms with Gasteiger partial charge in [-0.2, -0.15) is 0 Å². The zero-order chi connectivity index (χ0) is 0. The topological polar surface area (TPSA) is 85.5 Å². The molecule has 0 N–H and O–H groups in total. The first-order valence-electron chi connectivity index (χ1n) is 0. The van der Waals surface area contributed by atoms with E-state index in [9.17, 15) is 0 Å². The van der Waals surface area contributed by atoms with Crippen LogP contribution in [0, 0.1) is 0 Å². The van der Waals surface area contributed by atoms with E-state index in [0.29, 0.717) is 0 Å².